The first-order chi connectivity index (χ1) is 13.3. The third-order valence-electron chi connectivity index (χ3n) is 6.88. The van der Waals surface area contributed by atoms with E-state index in [-0.39, 0.29) is 16.9 Å². The highest BCUT2D eigenvalue weighted by atomic mass is 79.9. The number of nitrogens with zero attached hydrogens (tertiary/aromatic N) is 1. The fourth-order valence-corrected chi connectivity index (χ4v) is 5.99. The molecular weight excluding hydrogens is 414 g/mol. The molecule has 1 aliphatic heterocycles. The summed E-state index contributed by atoms with van der Waals surface area (Å²) in [7, 11) is 1.68. The van der Waals surface area contributed by atoms with E-state index in [0.717, 1.165) is 46.2 Å². The number of amides is 1. The zero-order chi connectivity index (χ0) is 20.1. The van der Waals surface area contributed by atoms with Crippen molar-refractivity contribution in [2.75, 3.05) is 7.11 Å². The summed E-state index contributed by atoms with van der Waals surface area (Å²) in [5.41, 5.74) is 4.08. The molecule has 3 nitrogen and oxygen atoms in total. The molecule has 4 heteroatoms. The number of carbonyl (C=O) groups is 1. The highest BCUT2D eigenvalue weighted by Gasteiger charge is 2.58. The van der Waals surface area contributed by atoms with E-state index in [0.29, 0.717) is 6.54 Å². The largest absolute Gasteiger partial charge is 0.497 e. The van der Waals surface area contributed by atoms with Gasteiger partial charge in [-0.1, -0.05) is 54.8 Å². The Morgan fingerprint density at radius 3 is 2.43 bits per heavy atom. The molecule has 2 aromatic carbocycles. The fourth-order valence-electron chi connectivity index (χ4n) is 5.42. The summed E-state index contributed by atoms with van der Waals surface area (Å²) in [6.07, 6.45) is 4.53. The van der Waals surface area contributed by atoms with E-state index in [2.05, 4.69) is 65.9 Å². The highest BCUT2D eigenvalue weighted by molar-refractivity contribution is 9.10. The van der Waals surface area contributed by atoms with E-state index in [4.69, 9.17) is 4.74 Å². The number of carbonyl (C=O) groups excluding carboxylic acids is 1. The van der Waals surface area contributed by atoms with E-state index in [9.17, 15) is 4.79 Å². The zero-order valence-corrected chi connectivity index (χ0v) is 18.7. The van der Waals surface area contributed by atoms with Gasteiger partial charge < -0.3 is 9.64 Å². The second kappa shape index (κ2) is 6.91. The Kier molecular flexibility index (Phi) is 4.81. The molecule has 1 saturated carbocycles. The minimum absolute atomic E-state index is 0.0197. The maximum Gasteiger partial charge on any atom is 0.255 e. The number of fused-ring (bicyclic) bond motifs is 2. The van der Waals surface area contributed by atoms with Crippen LogP contribution in [-0.4, -0.2) is 17.9 Å². The number of aryl methyl sites for hydroxylation is 1. The summed E-state index contributed by atoms with van der Waals surface area (Å²) in [6, 6.07) is 12.4. The number of halogens is 1. The van der Waals surface area contributed by atoms with Crippen LogP contribution < -0.4 is 4.74 Å². The molecule has 4 rings (SSSR count). The van der Waals surface area contributed by atoms with Crippen LogP contribution in [0.3, 0.4) is 0 Å². The highest BCUT2D eigenvalue weighted by Crippen LogP contribution is 2.59. The standard InChI is InChI=1S/C24H28BrNO2/c1-16-13-18(25)14-20-21(16)22(27)26(15-17-7-9-19(28-4)10-8-17)24(20)12-6-5-11-23(24,2)3/h7-10,13-14H,5-6,11-12,15H2,1-4H3. The predicted octanol–water partition coefficient (Wildman–Crippen LogP) is 6.22. The lowest BCUT2D eigenvalue weighted by Gasteiger charge is -2.53. The Morgan fingerprint density at radius 2 is 1.79 bits per heavy atom. The first kappa shape index (κ1) is 19.5. The number of rotatable bonds is 3. The van der Waals surface area contributed by atoms with Gasteiger partial charge in [-0.25, -0.2) is 0 Å². The van der Waals surface area contributed by atoms with Crippen molar-refractivity contribution in [3.8, 4) is 5.75 Å². The zero-order valence-electron chi connectivity index (χ0n) is 17.1. The molecule has 1 fully saturated rings. The number of hydrogen-bond acceptors (Lipinski definition) is 2. The molecule has 1 atom stereocenters. The molecule has 2 aromatic rings. The van der Waals surface area contributed by atoms with Crippen molar-refractivity contribution >= 4 is 21.8 Å². The summed E-state index contributed by atoms with van der Waals surface area (Å²) < 4.78 is 6.36. The van der Waals surface area contributed by atoms with Crippen LogP contribution >= 0.6 is 15.9 Å². The van der Waals surface area contributed by atoms with Crippen LogP contribution in [0.2, 0.25) is 0 Å². The average molecular weight is 442 g/mol. The molecule has 0 N–H and O–H groups in total. The van der Waals surface area contributed by atoms with Crippen LogP contribution in [-0.2, 0) is 12.1 Å². The molecule has 1 aliphatic carbocycles. The van der Waals surface area contributed by atoms with Gasteiger partial charge in [-0.2, -0.15) is 0 Å². The van der Waals surface area contributed by atoms with Crippen molar-refractivity contribution in [1.29, 1.82) is 0 Å². The summed E-state index contributed by atoms with van der Waals surface area (Å²) in [6.45, 7) is 7.36. The van der Waals surface area contributed by atoms with Crippen molar-refractivity contribution in [3.05, 3.63) is 63.1 Å². The van der Waals surface area contributed by atoms with Gasteiger partial charge in [0.1, 0.15) is 5.75 Å². The van der Waals surface area contributed by atoms with Gasteiger partial charge >= 0.3 is 0 Å². The molecule has 1 heterocycles. The predicted molar refractivity (Wildman–Crippen MR) is 116 cm³/mol. The van der Waals surface area contributed by atoms with Crippen molar-refractivity contribution in [3.63, 3.8) is 0 Å². The lowest BCUT2D eigenvalue weighted by Crippen LogP contribution is -2.54. The summed E-state index contributed by atoms with van der Waals surface area (Å²) in [5.74, 6) is 1.01. The maximum absolute atomic E-state index is 13.7. The van der Waals surface area contributed by atoms with Crippen molar-refractivity contribution in [2.45, 2.75) is 58.5 Å². The number of ether oxygens (including phenoxy) is 1. The van der Waals surface area contributed by atoms with Gasteiger partial charge in [-0.05, 0) is 66.1 Å². The molecule has 148 valence electrons. The van der Waals surface area contributed by atoms with Gasteiger partial charge in [0.05, 0.1) is 12.6 Å². The number of methoxy groups -OCH3 is 1. The normalized spacial score (nSPS) is 23.2. The first-order valence-corrected chi connectivity index (χ1v) is 10.8. The van der Waals surface area contributed by atoms with Gasteiger partial charge in [0.15, 0.2) is 0 Å². The Morgan fingerprint density at radius 1 is 1.11 bits per heavy atom. The topological polar surface area (TPSA) is 29.5 Å². The van der Waals surface area contributed by atoms with Crippen molar-refractivity contribution < 1.29 is 9.53 Å². The fraction of sp³-hybridized carbons (Fsp3) is 0.458. The Balaban J connectivity index is 1.86. The first-order valence-electron chi connectivity index (χ1n) is 10.1. The van der Waals surface area contributed by atoms with Gasteiger partial charge in [0.25, 0.3) is 5.91 Å². The van der Waals surface area contributed by atoms with Gasteiger partial charge in [-0.15, -0.1) is 0 Å². The molecule has 0 radical (unpaired) electrons. The summed E-state index contributed by atoms with van der Waals surface area (Å²) in [4.78, 5) is 15.9. The molecule has 1 spiro atoms. The monoisotopic (exact) mass is 441 g/mol. The smallest absolute Gasteiger partial charge is 0.255 e. The Labute approximate surface area is 176 Å². The number of hydrogen-bond donors (Lipinski definition) is 0. The van der Waals surface area contributed by atoms with Crippen LogP contribution in [0.15, 0.2) is 40.9 Å². The molecule has 1 amide bonds. The molecule has 0 aromatic heterocycles. The Bertz CT molecular complexity index is 919. The van der Waals surface area contributed by atoms with Gasteiger partial charge in [0.2, 0.25) is 0 Å². The molecular formula is C24H28BrNO2. The van der Waals surface area contributed by atoms with E-state index < -0.39 is 0 Å². The van der Waals surface area contributed by atoms with Crippen LogP contribution in [0.4, 0.5) is 0 Å². The average Bonchev–Trinajstić information content (AvgIpc) is 2.88. The minimum Gasteiger partial charge on any atom is -0.497 e. The lowest BCUT2D eigenvalue weighted by atomic mass is 9.60. The van der Waals surface area contributed by atoms with Crippen LogP contribution in [0, 0.1) is 12.3 Å². The number of benzene rings is 2. The van der Waals surface area contributed by atoms with E-state index in [1.165, 1.54) is 12.0 Å². The van der Waals surface area contributed by atoms with E-state index in [1.54, 1.807) is 7.11 Å². The summed E-state index contributed by atoms with van der Waals surface area (Å²) in [5, 5.41) is 0. The second-order valence-corrected chi connectivity index (χ2v) is 9.75. The third kappa shape index (κ3) is 2.80. The summed E-state index contributed by atoms with van der Waals surface area (Å²) >= 11 is 3.68. The molecule has 0 saturated heterocycles. The van der Waals surface area contributed by atoms with Gasteiger partial charge in [0, 0.05) is 16.6 Å². The van der Waals surface area contributed by atoms with Crippen LogP contribution in [0.25, 0.3) is 0 Å². The van der Waals surface area contributed by atoms with Crippen molar-refractivity contribution in [1.82, 2.24) is 4.90 Å². The van der Waals surface area contributed by atoms with Gasteiger partial charge in [-0.3, -0.25) is 4.79 Å². The lowest BCUT2D eigenvalue weighted by molar-refractivity contribution is -0.0338. The van der Waals surface area contributed by atoms with Crippen molar-refractivity contribution in [2.24, 2.45) is 5.41 Å². The molecule has 28 heavy (non-hydrogen) atoms. The third-order valence-corrected chi connectivity index (χ3v) is 7.33. The molecule has 0 bridgehead atoms. The van der Waals surface area contributed by atoms with E-state index >= 15 is 0 Å². The Hall–Kier alpha value is -1.81. The molecule has 2 aliphatic rings. The second-order valence-electron chi connectivity index (χ2n) is 8.84. The van der Waals surface area contributed by atoms with E-state index in [1.807, 2.05) is 12.1 Å². The minimum atomic E-state index is -0.258. The van der Waals surface area contributed by atoms with Crippen LogP contribution in [0.5, 0.6) is 5.75 Å². The molecule has 1 unspecified atom stereocenters. The maximum atomic E-state index is 13.7. The SMILES string of the molecule is COc1ccc(CN2C(=O)c3c(C)cc(Br)cc3C23CCCCC3(C)C)cc1. The quantitative estimate of drug-likeness (QED) is 0.565. The van der Waals surface area contributed by atoms with Crippen LogP contribution in [0.1, 0.15) is 66.6 Å².